The van der Waals surface area contributed by atoms with Crippen molar-refractivity contribution in [2.24, 2.45) is 11.7 Å². The minimum atomic E-state index is -4.86. The topological polar surface area (TPSA) is 131 Å². The average molecular weight is 334 g/mol. The monoisotopic (exact) mass is 334 g/mol. The fraction of sp³-hybridized carbons (Fsp3) is 0.800. The van der Waals surface area contributed by atoms with Gasteiger partial charge in [0.25, 0.3) is 0 Å². The molecule has 0 saturated heterocycles. The molecule has 0 aromatic carbocycles. The maximum absolute atomic E-state index is 12.6. The third-order valence-electron chi connectivity index (χ3n) is 2.69. The van der Waals surface area contributed by atoms with Crippen molar-refractivity contribution in [2.75, 3.05) is 18.6 Å². The van der Waals surface area contributed by atoms with E-state index in [0.717, 1.165) is 7.11 Å². The van der Waals surface area contributed by atoms with Crippen LogP contribution >= 0.6 is 0 Å². The molecule has 0 aromatic heterocycles. The van der Waals surface area contributed by atoms with Crippen LogP contribution in [0.4, 0.5) is 13.2 Å². The molecule has 0 aromatic rings. The summed E-state index contributed by atoms with van der Waals surface area (Å²) in [4.78, 5) is 21.5. The molecule has 0 rings (SSSR count). The lowest BCUT2D eigenvalue weighted by atomic mass is 10.1. The molecule has 0 aliphatic heterocycles. The standard InChI is InChI=1S/C10H17F3N2O5S/c1-20-9(18)6(10(11,12)13)2-4-21(15,19)5-3-7(14)8(16)17/h6-7,15H,2-5,14H2,1H3,(H,16,17)/t6?,7-,21?/m0/s1. The lowest BCUT2D eigenvalue weighted by Gasteiger charge is -2.18. The van der Waals surface area contributed by atoms with Crippen LogP contribution in [0.1, 0.15) is 12.8 Å². The third-order valence-corrected chi connectivity index (χ3v) is 4.48. The third kappa shape index (κ3) is 7.27. The molecule has 7 nitrogen and oxygen atoms in total. The normalized spacial score (nSPS) is 17.6. The number of alkyl halides is 3. The van der Waals surface area contributed by atoms with Gasteiger partial charge in [0.2, 0.25) is 0 Å². The molecule has 11 heteroatoms. The zero-order valence-corrected chi connectivity index (χ0v) is 12.0. The Bertz CT molecular complexity index is 478. The maximum atomic E-state index is 12.6. The van der Waals surface area contributed by atoms with E-state index in [4.69, 9.17) is 15.6 Å². The highest BCUT2D eigenvalue weighted by atomic mass is 32.2. The minimum Gasteiger partial charge on any atom is -0.480 e. The second-order valence-electron chi connectivity index (χ2n) is 4.36. The Balaban J connectivity index is 4.65. The van der Waals surface area contributed by atoms with E-state index < -0.39 is 57.7 Å². The Morgan fingerprint density at radius 3 is 2.19 bits per heavy atom. The predicted octanol–water partition coefficient (Wildman–Crippen LogP) is 0.577. The summed E-state index contributed by atoms with van der Waals surface area (Å²) in [5.74, 6) is -6.47. The number of rotatable bonds is 8. The number of hydrogen-bond acceptors (Lipinski definition) is 6. The number of hydrogen-bond donors (Lipinski definition) is 3. The molecule has 21 heavy (non-hydrogen) atoms. The van der Waals surface area contributed by atoms with Gasteiger partial charge in [-0.15, -0.1) is 0 Å². The summed E-state index contributed by atoms with van der Waals surface area (Å²) < 4.78 is 61.0. The van der Waals surface area contributed by atoms with Crippen LogP contribution in [0, 0.1) is 10.7 Å². The van der Waals surface area contributed by atoms with Crippen LogP contribution in [0.15, 0.2) is 0 Å². The number of methoxy groups -OCH3 is 1. The Hall–Kier alpha value is -1.36. The molecule has 0 spiro atoms. The molecule has 0 fully saturated rings. The van der Waals surface area contributed by atoms with Gasteiger partial charge in [0.1, 0.15) is 6.04 Å². The molecule has 4 N–H and O–H groups in total. The van der Waals surface area contributed by atoms with Crippen LogP contribution < -0.4 is 5.73 Å². The number of nitrogens with one attached hydrogen (secondary N) is 1. The van der Waals surface area contributed by atoms with Gasteiger partial charge in [-0.25, -0.2) is 4.21 Å². The van der Waals surface area contributed by atoms with Gasteiger partial charge in [-0.3, -0.25) is 14.4 Å². The van der Waals surface area contributed by atoms with Crippen molar-refractivity contribution in [3.05, 3.63) is 0 Å². The summed E-state index contributed by atoms with van der Waals surface area (Å²) in [6, 6.07) is -1.34. The first kappa shape index (κ1) is 19.6. The van der Waals surface area contributed by atoms with Crippen molar-refractivity contribution in [3.63, 3.8) is 0 Å². The molecule has 0 saturated carbocycles. The van der Waals surface area contributed by atoms with Crippen molar-refractivity contribution in [2.45, 2.75) is 25.1 Å². The Morgan fingerprint density at radius 2 is 1.81 bits per heavy atom. The van der Waals surface area contributed by atoms with Gasteiger partial charge in [0.05, 0.1) is 7.11 Å². The molecule has 2 unspecified atom stereocenters. The highest BCUT2D eigenvalue weighted by Gasteiger charge is 2.45. The second-order valence-corrected chi connectivity index (χ2v) is 6.80. The van der Waals surface area contributed by atoms with Crippen LogP contribution in [-0.2, 0) is 24.1 Å². The number of esters is 1. The Kier molecular flexibility index (Phi) is 7.10. The maximum Gasteiger partial charge on any atom is 0.402 e. The molecule has 3 atom stereocenters. The average Bonchev–Trinajstić information content (AvgIpc) is 2.33. The Labute approximate surface area is 119 Å². The summed E-state index contributed by atoms with van der Waals surface area (Å²) in [5.41, 5.74) is 5.16. The van der Waals surface area contributed by atoms with Gasteiger partial charge in [-0.05, 0) is 12.8 Å². The molecule has 0 bridgehead atoms. The van der Waals surface area contributed by atoms with Crippen LogP contribution in [-0.4, -0.2) is 52.1 Å². The largest absolute Gasteiger partial charge is 0.480 e. The van der Waals surface area contributed by atoms with Crippen molar-refractivity contribution < 1.29 is 36.8 Å². The molecule has 0 aliphatic rings. The molecular formula is C10H17F3N2O5S. The Morgan fingerprint density at radius 1 is 1.33 bits per heavy atom. The van der Waals surface area contributed by atoms with Crippen molar-refractivity contribution in [3.8, 4) is 0 Å². The summed E-state index contributed by atoms with van der Waals surface area (Å²) in [5, 5.41) is 8.52. The number of halogens is 3. The first-order valence-electron chi connectivity index (χ1n) is 5.78. The number of aliphatic carboxylic acids is 1. The summed E-state index contributed by atoms with van der Waals surface area (Å²) in [7, 11) is -2.66. The van der Waals surface area contributed by atoms with E-state index in [2.05, 4.69) is 4.74 Å². The van der Waals surface area contributed by atoms with Crippen molar-refractivity contribution in [1.29, 1.82) is 4.78 Å². The van der Waals surface area contributed by atoms with Crippen LogP contribution in [0.5, 0.6) is 0 Å². The van der Waals surface area contributed by atoms with Gasteiger partial charge in [0.15, 0.2) is 5.92 Å². The number of carboxylic acid groups (broad SMARTS) is 1. The van der Waals surface area contributed by atoms with Crippen LogP contribution in [0.3, 0.4) is 0 Å². The summed E-state index contributed by atoms with van der Waals surface area (Å²) in [6.07, 6.45) is -6.02. The van der Waals surface area contributed by atoms with Gasteiger partial charge in [0, 0.05) is 21.2 Å². The fourth-order valence-corrected chi connectivity index (χ4v) is 2.86. The lowest BCUT2D eigenvalue weighted by molar-refractivity contribution is -0.196. The predicted molar refractivity (Wildman–Crippen MR) is 67.0 cm³/mol. The molecule has 0 radical (unpaired) electrons. The number of carbonyl (C=O) groups is 2. The first-order valence-corrected chi connectivity index (χ1v) is 7.67. The smallest absolute Gasteiger partial charge is 0.402 e. The lowest BCUT2D eigenvalue weighted by Crippen LogP contribution is -2.35. The van der Waals surface area contributed by atoms with Gasteiger partial charge in [-0.1, -0.05) is 0 Å². The zero-order chi connectivity index (χ0) is 16.8. The number of carbonyl (C=O) groups excluding carboxylic acids is 1. The molecule has 0 heterocycles. The number of carboxylic acids is 1. The van der Waals surface area contributed by atoms with Crippen LogP contribution in [0.25, 0.3) is 0 Å². The van der Waals surface area contributed by atoms with Crippen molar-refractivity contribution >= 4 is 21.7 Å². The quantitative estimate of drug-likeness (QED) is 0.556. The number of ether oxygens (including phenoxy) is 1. The van der Waals surface area contributed by atoms with E-state index in [1.807, 2.05) is 0 Å². The highest BCUT2D eigenvalue weighted by Crippen LogP contribution is 2.30. The van der Waals surface area contributed by atoms with Gasteiger partial charge >= 0.3 is 18.1 Å². The van der Waals surface area contributed by atoms with E-state index in [1.54, 1.807) is 0 Å². The van der Waals surface area contributed by atoms with E-state index in [0.29, 0.717) is 0 Å². The first-order chi connectivity index (χ1) is 9.40. The molecule has 0 amide bonds. The van der Waals surface area contributed by atoms with E-state index in [-0.39, 0.29) is 6.42 Å². The molecular weight excluding hydrogens is 317 g/mol. The van der Waals surface area contributed by atoms with Gasteiger partial charge < -0.3 is 15.6 Å². The van der Waals surface area contributed by atoms with Crippen LogP contribution in [0.2, 0.25) is 0 Å². The fourth-order valence-electron chi connectivity index (χ4n) is 1.41. The van der Waals surface area contributed by atoms with E-state index in [1.165, 1.54) is 0 Å². The van der Waals surface area contributed by atoms with E-state index in [9.17, 15) is 27.0 Å². The van der Waals surface area contributed by atoms with Crippen molar-refractivity contribution in [1.82, 2.24) is 0 Å². The second kappa shape index (κ2) is 7.59. The molecule has 0 aliphatic carbocycles. The van der Waals surface area contributed by atoms with E-state index >= 15 is 0 Å². The zero-order valence-electron chi connectivity index (χ0n) is 11.2. The number of nitrogens with two attached hydrogens (primary N) is 1. The van der Waals surface area contributed by atoms with Gasteiger partial charge in [-0.2, -0.15) is 13.2 Å². The summed E-state index contributed by atoms with van der Waals surface area (Å²) in [6.45, 7) is 0. The SMILES string of the molecule is COC(=O)C(CCS(=N)(=O)CC[C@H](N)C(=O)O)C(F)(F)F. The highest BCUT2D eigenvalue weighted by molar-refractivity contribution is 7.92. The summed E-state index contributed by atoms with van der Waals surface area (Å²) >= 11 is 0. The molecule has 124 valence electrons. The minimum absolute atomic E-state index is 0.299.